The molecule has 0 unspecified atom stereocenters. The summed E-state index contributed by atoms with van der Waals surface area (Å²) >= 11 is 0. The molecule has 3 heterocycles. The molecule has 0 radical (unpaired) electrons. The number of aromatic nitrogens is 3. The first-order valence-electron chi connectivity index (χ1n) is 4.91. The van der Waals surface area contributed by atoms with E-state index in [0.29, 0.717) is 11.9 Å². The zero-order valence-corrected chi connectivity index (χ0v) is 8.36. The molecule has 0 spiro atoms. The Morgan fingerprint density at radius 2 is 2.27 bits per heavy atom. The minimum Gasteiger partial charge on any atom is -0.382 e. The summed E-state index contributed by atoms with van der Waals surface area (Å²) < 4.78 is 0. The van der Waals surface area contributed by atoms with Crippen molar-refractivity contribution in [3.05, 3.63) is 18.0 Å². The predicted octanol–water partition coefficient (Wildman–Crippen LogP) is 0.963. The lowest BCUT2D eigenvalue weighted by Crippen LogP contribution is -2.08. The smallest absolute Gasteiger partial charge is 0.155 e. The minimum absolute atomic E-state index is 0.424. The number of hydrogen-bond acceptors (Lipinski definition) is 5. The number of fused-ring (bicyclic) bond motifs is 3. The van der Waals surface area contributed by atoms with E-state index in [-0.39, 0.29) is 0 Å². The van der Waals surface area contributed by atoms with Gasteiger partial charge in [-0.05, 0) is 13.3 Å². The third-order valence-electron chi connectivity index (χ3n) is 2.75. The van der Waals surface area contributed by atoms with Gasteiger partial charge in [0.1, 0.15) is 5.82 Å². The highest BCUT2D eigenvalue weighted by Gasteiger charge is 2.21. The van der Waals surface area contributed by atoms with Crippen LogP contribution in [0.4, 0.5) is 11.6 Å². The Morgan fingerprint density at radius 3 is 3.13 bits per heavy atom. The molecule has 5 nitrogen and oxygen atoms in total. The molecule has 15 heavy (non-hydrogen) atoms. The van der Waals surface area contributed by atoms with E-state index in [1.54, 1.807) is 12.4 Å². The van der Waals surface area contributed by atoms with Gasteiger partial charge in [-0.25, -0.2) is 4.98 Å². The summed E-state index contributed by atoms with van der Waals surface area (Å²) in [6, 6.07) is 0.424. The van der Waals surface area contributed by atoms with Gasteiger partial charge < -0.3 is 11.1 Å². The van der Waals surface area contributed by atoms with Crippen molar-refractivity contribution in [3.63, 3.8) is 0 Å². The number of nitrogens with zero attached hydrogens (tertiary/aromatic N) is 3. The molecule has 3 N–H and O–H groups in total. The Labute approximate surface area is 86.7 Å². The molecular formula is C10H11N5. The lowest BCUT2D eigenvalue weighted by molar-refractivity contribution is 0.840. The average Bonchev–Trinajstić information content (AvgIpc) is 2.59. The summed E-state index contributed by atoms with van der Waals surface area (Å²) in [5, 5.41) is 13.0. The summed E-state index contributed by atoms with van der Waals surface area (Å²) in [5.74, 6) is 1.39. The zero-order valence-electron chi connectivity index (χ0n) is 8.36. The maximum Gasteiger partial charge on any atom is 0.155 e. The zero-order chi connectivity index (χ0) is 10.4. The van der Waals surface area contributed by atoms with Gasteiger partial charge in [0.15, 0.2) is 5.82 Å². The van der Waals surface area contributed by atoms with Crippen LogP contribution in [0, 0.1) is 0 Å². The number of anilines is 2. The van der Waals surface area contributed by atoms with Gasteiger partial charge in [-0.2, -0.15) is 5.10 Å². The van der Waals surface area contributed by atoms with Crippen LogP contribution in [0.3, 0.4) is 0 Å². The maximum absolute atomic E-state index is 5.75. The van der Waals surface area contributed by atoms with Gasteiger partial charge in [0, 0.05) is 28.6 Å². The standard InChI is InChI=1S/C10H11N5/c1-5-2-6-7-4-13-15-9(11)8(7)3-12-10(6)14-5/h3-5H,2H2,1H3,(H2,11,15)(H,12,14)/t5-/m1/s1. The summed E-state index contributed by atoms with van der Waals surface area (Å²) in [5.41, 5.74) is 6.95. The van der Waals surface area contributed by atoms with Crippen molar-refractivity contribution in [3.8, 4) is 0 Å². The van der Waals surface area contributed by atoms with Crippen molar-refractivity contribution < 1.29 is 0 Å². The number of rotatable bonds is 0. The van der Waals surface area contributed by atoms with Crippen molar-refractivity contribution in [2.75, 3.05) is 11.1 Å². The van der Waals surface area contributed by atoms with Gasteiger partial charge in [0.05, 0.1) is 6.20 Å². The van der Waals surface area contributed by atoms with Crippen molar-refractivity contribution in [1.29, 1.82) is 0 Å². The molecule has 0 fully saturated rings. The van der Waals surface area contributed by atoms with Gasteiger partial charge in [-0.1, -0.05) is 0 Å². The molecule has 2 aromatic rings. The summed E-state index contributed by atoms with van der Waals surface area (Å²) in [6.07, 6.45) is 4.47. The van der Waals surface area contributed by atoms with Crippen LogP contribution in [0.5, 0.6) is 0 Å². The van der Waals surface area contributed by atoms with Crippen LogP contribution in [-0.4, -0.2) is 21.2 Å². The van der Waals surface area contributed by atoms with Crippen LogP contribution in [-0.2, 0) is 6.42 Å². The monoisotopic (exact) mass is 201 g/mol. The SMILES string of the molecule is C[C@@H]1Cc2c(ncc3c(N)nncc23)N1. The van der Waals surface area contributed by atoms with Crippen molar-refractivity contribution in [2.24, 2.45) is 0 Å². The highest BCUT2D eigenvalue weighted by Crippen LogP contribution is 2.31. The molecule has 0 aromatic carbocycles. The van der Waals surface area contributed by atoms with E-state index in [1.807, 2.05) is 0 Å². The topological polar surface area (TPSA) is 76.7 Å². The summed E-state index contributed by atoms with van der Waals surface area (Å²) in [7, 11) is 0. The Balaban J connectivity index is 2.36. The maximum atomic E-state index is 5.75. The third kappa shape index (κ3) is 1.12. The number of hydrogen-bond donors (Lipinski definition) is 2. The van der Waals surface area contributed by atoms with E-state index >= 15 is 0 Å². The van der Waals surface area contributed by atoms with Crippen LogP contribution in [0.25, 0.3) is 10.8 Å². The second-order valence-corrected chi connectivity index (χ2v) is 3.89. The fraction of sp³-hybridized carbons (Fsp3) is 0.300. The molecule has 0 saturated heterocycles. The molecule has 2 aromatic heterocycles. The molecular weight excluding hydrogens is 190 g/mol. The highest BCUT2D eigenvalue weighted by atomic mass is 15.1. The fourth-order valence-electron chi connectivity index (χ4n) is 2.04. The lowest BCUT2D eigenvalue weighted by atomic mass is 10.1. The first-order chi connectivity index (χ1) is 7.25. The molecule has 3 rings (SSSR count). The van der Waals surface area contributed by atoms with E-state index < -0.39 is 0 Å². The first kappa shape index (κ1) is 8.40. The summed E-state index contributed by atoms with van der Waals surface area (Å²) in [4.78, 5) is 4.34. The predicted molar refractivity (Wildman–Crippen MR) is 58.5 cm³/mol. The number of pyridine rings is 1. The van der Waals surface area contributed by atoms with Gasteiger partial charge >= 0.3 is 0 Å². The van der Waals surface area contributed by atoms with Crippen molar-refractivity contribution in [2.45, 2.75) is 19.4 Å². The largest absolute Gasteiger partial charge is 0.382 e. The van der Waals surface area contributed by atoms with Crippen LogP contribution in [0.15, 0.2) is 12.4 Å². The van der Waals surface area contributed by atoms with Gasteiger partial charge in [-0.15, -0.1) is 5.10 Å². The number of nitrogens with two attached hydrogens (primary N) is 1. The molecule has 5 heteroatoms. The highest BCUT2D eigenvalue weighted by molar-refractivity contribution is 5.94. The van der Waals surface area contributed by atoms with Crippen LogP contribution in [0.2, 0.25) is 0 Å². The van der Waals surface area contributed by atoms with E-state index in [4.69, 9.17) is 5.73 Å². The number of nitrogen functional groups attached to an aromatic ring is 1. The van der Waals surface area contributed by atoms with Crippen LogP contribution >= 0.6 is 0 Å². The summed E-state index contributed by atoms with van der Waals surface area (Å²) in [6.45, 7) is 2.13. The quantitative estimate of drug-likeness (QED) is 0.664. The molecule has 1 atom stereocenters. The van der Waals surface area contributed by atoms with E-state index in [1.165, 1.54) is 5.56 Å². The van der Waals surface area contributed by atoms with Crippen LogP contribution in [0.1, 0.15) is 12.5 Å². The van der Waals surface area contributed by atoms with Crippen LogP contribution < -0.4 is 11.1 Å². The van der Waals surface area contributed by atoms with Crippen molar-refractivity contribution in [1.82, 2.24) is 15.2 Å². The Morgan fingerprint density at radius 1 is 1.40 bits per heavy atom. The molecule has 1 aliphatic heterocycles. The Hall–Kier alpha value is -1.91. The fourth-order valence-corrected chi connectivity index (χ4v) is 2.04. The Kier molecular flexibility index (Phi) is 1.56. The van der Waals surface area contributed by atoms with Gasteiger partial charge in [0.2, 0.25) is 0 Å². The van der Waals surface area contributed by atoms with Crippen molar-refractivity contribution >= 4 is 22.4 Å². The van der Waals surface area contributed by atoms with E-state index in [2.05, 4.69) is 27.4 Å². The van der Waals surface area contributed by atoms with Gasteiger partial charge in [-0.3, -0.25) is 0 Å². The van der Waals surface area contributed by atoms with Gasteiger partial charge in [0.25, 0.3) is 0 Å². The lowest BCUT2D eigenvalue weighted by Gasteiger charge is -2.04. The molecule has 0 bridgehead atoms. The second kappa shape index (κ2) is 2.79. The van der Waals surface area contributed by atoms with E-state index in [0.717, 1.165) is 23.0 Å². The molecule has 0 aliphatic carbocycles. The molecule has 76 valence electrons. The van der Waals surface area contributed by atoms with E-state index in [9.17, 15) is 0 Å². The average molecular weight is 201 g/mol. The third-order valence-corrected chi connectivity index (χ3v) is 2.75. The molecule has 1 aliphatic rings. The molecule has 0 saturated carbocycles. The normalized spacial score (nSPS) is 18.9. The first-order valence-corrected chi connectivity index (χ1v) is 4.91. The Bertz CT molecular complexity index is 537. The molecule has 0 amide bonds. The minimum atomic E-state index is 0.424. The number of nitrogens with one attached hydrogen (secondary N) is 1. The second-order valence-electron chi connectivity index (χ2n) is 3.89.